The first-order valence-electron chi connectivity index (χ1n) is 4.34. The highest BCUT2D eigenvalue weighted by Gasteiger charge is 2.32. The average molecular weight is 205 g/mol. The normalized spacial score (nSPS) is 18.2. The SMILES string of the molecule is FC(F)(F)CN1CCn2nccc2C1. The minimum atomic E-state index is -4.11. The summed E-state index contributed by atoms with van der Waals surface area (Å²) in [6.07, 6.45) is -2.49. The molecule has 0 radical (unpaired) electrons. The van der Waals surface area contributed by atoms with E-state index in [1.54, 1.807) is 16.9 Å². The Kier molecular flexibility index (Phi) is 2.22. The molecular weight excluding hydrogens is 195 g/mol. The van der Waals surface area contributed by atoms with Crippen molar-refractivity contribution in [1.29, 1.82) is 0 Å². The van der Waals surface area contributed by atoms with Crippen molar-refractivity contribution in [3.63, 3.8) is 0 Å². The maximum absolute atomic E-state index is 12.1. The Bertz CT molecular complexity index is 318. The Morgan fingerprint density at radius 2 is 2.14 bits per heavy atom. The van der Waals surface area contributed by atoms with Crippen molar-refractivity contribution in [3.05, 3.63) is 18.0 Å². The summed E-state index contributed by atoms with van der Waals surface area (Å²) in [5.74, 6) is 0. The molecule has 0 aromatic carbocycles. The molecular formula is C8H10F3N3. The third kappa shape index (κ3) is 2.06. The lowest BCUT2D eigenvalue weighted by Crippen LogP contribution is -2.39. The maximum atomic E-state index is 12.1. The Morgan fingerprint density at radius 1 is 1.36 bits per heavy atom. The lowest BCUT2D eigenvalue weighted by molar-refractivity contribution is -0.148. The summed E-state index contributed by atoms with van der Waals surface area (Å²) in [5.41, 5.74) is 0.848. The van der Waals surface area contributed by atoms with Gasteiger partial charge in [-0.05, 0) is 6.07 Å². The van der Waals surface area contributed by atoms with E-state index < -0.39 is 12.7 Å². The van der Waals surface area contributed by atoms with Gasteiger partial charge in [0.1, 0.15) is 0 Å². The molecule has 0 spiro atoms. The summed E-state index contributed by atoms with van der Waals surface area (Å²) in [7, 11) is 0. The topological polar surface area (TPSA) is 21.1 Å². The van der Waals surface area contributed by atoms with E-state index in [-0.39, 0.29) is 0 Å². The molecule has 1 aromatic rings. The van der Waals surface area contributed by atoms with Crippen molar-refractivity contribution in [1.82, 2.24) is 14.7 Å². The van der Waals surface area contributed by atoms with Gasteiger partial charge in [0.25, 0.3) is 0 Å². The molecule has 1 aliphatic heterocycles. The van der Waals surface area contributed by atoms with E-state index >= 15 is 0 Å². The molecule has 2 heterocycles. The van der Waals surface area contributed by atoms with Gasteiger partial charge in [0, 0.05) is 19.3 Å². The molecule has 0 N–H and O–H groups in total. The number of hydrogen-bond acceptors (Lipinski definition) is 2. The predicted molar refractivity (Wildman–Crippen MR) is 43.6 cm³/mol. The summed E-state index contributed by atoms with van der Waals surface area (Å²) >= 11 is 0. The zero-order valence-electron chi connectivity index (χ0n) is 7.46. The molecule has 3 nitrogen and oxygen atoms in total. The molecule has 2 rings (SSSR count). The summed E-state index contributed by atoms with van der Waals surface area (Å²) < 4.78 is 38.0. The van der Waals surface area contributed by atoms with E-state index in [4.69, 9.17) is 0 Å². The molecule has 0 saturated heterocycles. The van der Waals surface area contributed by atoms with Crippen LogP contribution in [0.4, 0.5) is 13.2 Å². The first-order valence-corrected chi connectivity index (χ1v) is 4.34. The first kappa shape index (κ1) is 9.51. The highest BCUT2D eigenvalue weighted by molar-refractivity contribution is 5.02. The number of halogens is 3. The van der Waals surface area contributed by atoms with Gasteiger partial charge in [-0.25, -0.2) is 0 Å². The van der Waals surface area contributed by atoms with Gasteiger partial charge in [-0.15, -0.1) is 0 Å². The summed E-state index contributed by atoms with van der Waals surface area (Å²) in [6, 6.07) is 1.75. The van der Waals surface area contributed by atoms with E-state index in [0.717, 1.165) is 5.69 Å². The van der Waals surface area contributed by atoms with Gasteiger partial charge in [0.05, 0.1) is 18.8 Å². The van der Waals surface area contributed by atoms with Crippen LogP contribution in [0.5, 0.6) is 0 Å². The molecule has 0 fully saturated rings. The molecule has 0 aliphatic carbocycles. The van der Waals surface area contributed by atoms with Gasteiger partial charge in [-0.3, -0.25) is 9.58 Å². The summed E-state index contributed by atoms with van der Waals surface area (Å²) in [4.78, 5) is 1.39. The van der Waals surface area contributed by atoms with Crippen molar-refractivity contribution in [2.45, 2.75) is 19.3 Å². The number of nitrogens with zero attached hydrogens (tertiary/aromatic N) is 3. The van der Waals surface area contributed by atoms with Gasteiger partial charge in [0.15, 0.2) is 0 Å². The maximum Gasteiger partial charge on any atom is 0.401 e. The number of hydrogen-bond donors (Lipinski definition) is 0. The molecule has 78 valence electrons. The van der Waals surface area contributed by atoms with Crippen LogP contribution in [0.1, 0.15) is 5.69 Å². The predicted octanol–water partition coefficient (Wildman–Crippen LogP) is 1.26. The fourth-order valence-corrected chi connectivity index (χ4v) is 1.63. The summed E-state index contributed by atoms with van der Waals surface area (Å²) in [5, 5.41) is 4.00. The van der Waals surface area contributed by atoms with E-state index in [0.29, 0.717) is 19.6 Å². The largest absolute Gasteiger partial charge is 0.401 e. The number of fused-ring (bicyclic) bond motifs is 1. The van der Waals surface area contributed by atoms with Crippen LogP contribution in [0.15, 0.2) is 12.3 Å². The molecule has 6 heteroatoms. The Hall–Kier alpha value is -1.04. The molecule has 14 heavy (non-hydrogen) atoms. The summed E-state index contributed by atoms with van der Waals surface area (Å²) in [6.45, 7) is 0.449. The Labute approximate surface area is 79.1 Å². The first-order chi connectivity index (χ1) is 6.54. The van der Waals surface area contributed by atoms with Crippen LogP contribution in [0.3, 0.4) is 0 Å². The van der Waals surface area contributed by atoms with Crippen LogP contribution in [0, 0.1) is 0 Å². The zero-order chi connectivity index (χ0) is 10.2. The van der Waals surface area contributed by atoms with Crippen LogP contribution < -0.4 is 0 Å². The molecule has 0 atom stereocenters. The third-order valence-corrected chi connectivity index (χ3v) is 2.22. The monoisotopic (exact) mass is 205 g/mol. The molecule has 0 unspecified atom stereocenters. The van der Waals surface area contributed by atoms with Crippen molar-refractivity contribution in [2.24, 2.45) is 0 Å². The van der Waals surface area contributed by atoms with Crippen molar-refractivity contribution in [2.75, 3.05) is 13.1 Å². The van der Waals surface area contributed by atoms with Crippen molar-refractivity contribution in [3.8, 4) is 0 Å². The van der Waals surface area contributed by atoms with E-state index in [9.17, 15) is 13.2 Å². The van der Waals surface area contributed by atoms with Gasteiger partial charge in [-0.2, -0.15) is 18.3 Å². The second-order valence-electron chi connectivity index (χ2n) is 3.37. The van der Waals surface area contributed by atoms with Crippen molar-refractivity contribution >= 4 is 0 Å². The van der Waals surface area contributed by atoms with E-state index in [1.807, 2.05) is 0 Å². The smallest absolute Gasteiger partial charge is 0.287 e. The lowest BCUT2D eigenvalue weighted by atomic mass is 10.3. The second-order valence-corrected chi connectivity index (χ2v) is 3.37. The Morgan fingerprint density at radius 3 is 2.86 bits per heavy atom. The second kappa shape index (κ2) is 3.27. The molecule has 0 bridgehead atoms. The van der Waals surface area contributed by atoms with Crippen LogP contribution in [-0.4, -0.2) is 33.9 Å². The van der Waals surface area contributed by atoms with Gasteiger partial charge in [-0.1, -0.05) is 0 Å². The quantitative estimate of drug-likeness (QED) is 0.688. The van der Waals surface area contributed by atoms with Gasteiger partial charge in [0.2, 0.25) is 0 Å². The molecule has 1 aromatic heterocycles. The Balaban J connectivity index is 2.01. The van der Waals surface area contributed by atoms with Gasteiger partial charge < -0.3 is 0 Å². The highest BCUT2D eigenvalue weighted by Crippen LogP contribution is 2.19. The fourth-order valence-electron chi connectivity index (χ4n) is 1.63. The third-order valence-electron chi connectivity index (χ3n) is 2.22. The van der Waals surface area contributed by atoms with Crippen LogP contribution in [-0.2, 0) is 13.1 Å². The number of rotatable bonds is 1. The number of alkyl halides is 3. The minimum absolute atomic E-state index is 0.333. The standard InChI is InChI=1S/C8H10F3N3/c9-8(10,11)6-13-3-4-14-7(5-13)1-2-12-14/h1-2H,3-6H2. The van der Waals surface area contributed by atoms with Crippen molar-refractivity contribution < 1.29 is 13.2 Å². The van der Waals surface area contributed by atoms with E-state index in [1.165, 1.54) is 4.90 Å². The number of aromatic nitrogens is 2. The molecule has 0 amide bonds. The fraction of sp³-hybridized carbons (Fsp3) is 0.625. The highest BCUT2D eigenvalue weighted by atomic mass is 19.4. The average Bonchev–Trinajstić information content (AvgIpc) is 2.47. The molecule has 0 saturated carbocycles. The van der Waals surface area contributed by atoms with Crippen LogP contribution in [0.25, 0.3) is 0 Å². The van der Waals surface area contributed by atoms with Crippen LogP contribution in [0.2, 0.25) is 0 Å². The van der Waals surface area contributed by atoms with E-state index in [2.05, 4.69) is 5.10 Å². The molecule has 1 aliphatic rings. The minimum Gasteiger partial charge on any atom is -0.287 e. The zero-order valence-corrected chi connectivity index (χ0v) is 7.46. The van der Waals surface area contributed by atoms with Gasteiger partial charge >= 0.3 is 6.18 Å². The lowest BCUT2D eigenvalue weighted by Gasteiger charge is -2.28. The van der Waals surface area contributed by atoms with Crippen LogP contribution >= 0.6 is 0 Å².